The van der Waals surface area contributed by atoms with E-state index in [0.717, 1.165) is 13.1 Å². The lowest BCUT2D eigenvalue weighted by molar-refractivity contribution is -0.145. The Morgan fingerprint density at radius 1 is 1.08 bits per heavy atom. The highest BCUT2D eigenvalue weighted by molar-refractivity contribution is 5.74. The molecule has 26 heavy (non-hydrogen) atoms. The molecular formula is C17H31F3N4O2. The number of hydrogen-bond donors (Lipinski definition) is 1. The summed E-state index contributed by atoms with van der Waals surface area (Å²) in [6, 6.07) is 0.0503. The Morgan fingerprint density at radius 3 is 2.38 bits per heavy atom. The van der Waals surface area contributed by atoms with E-state index in [1.54, 1.807) is 4.90 Å². The minimum Gasteiger partial charge on any atom is -0.379 e. The van der Waals surface area contributed by atoms with Crippen LogP contribution < -0.4 is 5.32 Å². The highest BCUT2D eigenvalue weighted by Crippen LogP contribution is 2.18. The van der Waals surface area contributed by atoms with E-state index in [2.05, 4.69) is 24.1 Å². The average Bonchev–Trinajstić information content (AvgIpc) is 2.79. The first-order valence-corrected chi connectivity index (χ1v) is 9.40. The van der Waals surface area contributed by atoms with Gasteiger partial charge in [-0.25, -0.2) is 4.79 Å². The summed E-state index contributed by atoms with van der Waals surface area (Å²) in [5.74, 6) is 0.389. The van der Waals surface area contributed by atoms with Gasteiger partial charge in [0.1, 0.15) is 0 Å². The molecule has 0 saturated carbocycles. The number of nitrogens with zero attached hydrogens (tertiary/aromatic N) is 3. The Balaban J connectivity index is 1.80. The maximum absolute atomic E-state index is 12.5. The first-order chi connectivity index (χ1) is 12.3. The normalized spacial score (nSPS) is 22.3. The molecule has 2 aliphatic heterocycles. The van der Waals surface area contributed by atoms with Gasteiger partial charge in [-0.1, -0.05) is 13.8 Å². The summed E-state index contributed by atoms with van der Waals surface area (Å²) < 4.78 is 43.0. The minimum absolute atomic E-state index is 0.183. The fraction of sp³-hybridized carbons (Fsp3) is 0.941. The molecule has 0 spiro atoms. The van der Waals surface area contributed by atoms with Gasteiger partial charge in [-0.3, -0.25) is 9.80 Å². The second-order valence-corrected chi connectivity index (χ2v) is 7.38. The van der Waals surface area contributed by atoms with Crippen molar-refractivity contribution in [1.29, 1.82) is 0 Å². The van der Waals surface area contributed by atoms with Crippen molar-refractivity contribution in [2.24, 2.45) is 5.92 Å². The molecule has 1 unspecified atom stereocenters. The smallest absolute Gasteiger partial charge is 0.379 e. The van der Waals surface area contributed by atoms with Crippen LogP contribution in [0.1, 0.15) is 20.3 Å². The maximum Gasteiger partial charge on any atom is 0.401 e. The van der Waals surface area contributed by atoms with Crippen molar-refractivity contribution < 1.29 is 22.7 Å². The second-order valence-electron chi connectivity index (χ2n) is 7.38. The van der Waals surface area contributed by atoms with Crippen molar-refractivity contribution in [3.63, 3.8) is 0 Å². The molecule has 1 atom stereocenters. The number of carbonyl (C=O) groups excluding carboxylic acids is 1. The molecule has 0 aromatic carbocycles. The molecule has 152 valence electrons. The lowest BCUT2D eigenvalue weighted by atomic mass is 10.0. The van der Waals surface area contributed by atoms with Crippen molar-refractivity contribution in [3.8, 4) is 0 Å². The zero-order chi connectivity index (χ0) is 19.2. The zero-order valence-corrected chi connectivity index (χ0v) is 15.7. The molecule has 9 heteroatoms. The first kappa shape index (κ1) is 21.2. The van der Waals surface area contributed by atoms with Crippen molar-refractivity contribution in [1.82, 2.24) is 20.0 Å². The van der Waals surface area contributed by atoms with Gasteiger partial charge in [0.15, 0.2) is 0 Å². The lowest BCUT2D eigenvalue weighted by Crippen LogP contribution is -2.53. The summed E-state index contributed by atoms with van der Waals surface area (Å²) >= 11 is 0. The van der Waals surface area contributed by atoms with Gasteiger partial charge < -0.3 is 15.0 Å². The summed E-state index contributed by atoms with van der Waals surface area (Å²) in [5, 5.41) is 2.99. The van der Waals surface area contributed by atoms with Gasteiger partial charge in [0.2, 0.25) is 0 Å². The Morgan fingerprint density at radius 2 is 1.77 bits per heavy atom. The number of alkyl halides is 3. The zero-order valence-electron chi connectivity index (χ0n) is 15.7. The highest BCUT2D eigenvalue weighted by atomic mass is 19.4. The van der Waals surface area contributed by atoms with Crippen molar-refractivity contribution >= 4 is 6.03 Å². The fourth-order valence-electron chi connectivity index (χ4n) is 3.58. The number of ether oxygens (including phenoxy) is 1. The van der Waals surface area contributed by atoms with Crippen LogP contribution in [0.4, 0.5) is 18.0 Å². The molecule has 6 nitrogen and oxygen atoms in total. The molecule has 2 rings (SSSR count). The number of amides is 2. The third-order valence-electron chi connectivity index (χ3n) is 5.03. The van der Waals surface area contributed by atoms with Gasteiger partial charge in [-0.2, -0.15) is 13.2 Å². The van der Waals surface area contributed by atoms with Crippen LogP contribution in [0.5, 0.6) is 0 Å². The molecule has 0 radical (unpaired) electrons. The summed E-state index contributed by atoms with van der Waals surface area (Å²) in [6.45, 7) is 8.46. The van der Waals surface area contributed by atoms with Crippen LogP contribution in [-0.4, -0.2) is 98.5 Å². The van der Waals surface area contributed by atoms with Crippen molar-refractivity contribution in [2.75, 3.05) is 65.6 Å². The average molecular weight is 380 g/mol. The van der Waals surface area contributed by atoms with Gasteiger partial charge in [0.05, 0.1) is 19.8 Å². The van der Waals surface area contributed by atoms with Crippen LogP contribution in [0.3, 0.4) is 0 Å². The monoisotopic (exact) mass is 380 g/mol. The third-order valence-corrected chi connectivity index (χ3v) is 5.03. The van der Waals surface area contributed by atoms with Crippen molar-refractivity contribution in [3.05, 3.63) is 0 Å². The van der Waals surface area contributed by atoms with E-state index in [1.807, 2.05) is 0 Å². The van der Waals surface area contributed by atoms with Crippen LogP contribution in [-0.2, 0) is 4.74 Å². The molecule has 0 aromatic heterocycles. The number of rotatable bonds is 5. The van der Waals surface area contributed by atoms with Crippen LogP contribution in [0.2, 0.25) is 0 Å². The fourth-order valence-corrected chi connectivity index (χ4v) is 3.58. The van der Waals surface area contributed by atoms with E-state index >= 15 is 0 Å². The predicted octanol–water partition coefficient (Wildman–Crippen LogP) is 1.62. The molecule has 0 aliphatic carbocycles. The minimum atomic E-state index is -4.19. The molecule has 0 aromatic rings. The van der Waals surface area contributed by atoms with E-state index in [4.69, 9.17) is 4.74 Å². The number of hydrogen-bond acceptors (Lipinski definition) is 4. The Bertz CT molecular complexity index is 442. The highest BCUT2D eigenvalue weighted by Gasteiger charge is 2.32. The molecule has 0 bridgehead atoms. The molecule has 2 saturated heterocycles. The standard InChI is InChI=1S/C17H31F3N4O2/c1-14(2)15(23-8-10-26-11-9-23)12-21-16(25)24-5-3-4-22(6-7-24)13-17(18,19)20/h14-15H,3-13H2,1-2H3,(H,21,25). The van der Waals surface area contributed by atoms with E-state index in [-0.39, 0.29) is 18.6 Å². The summed E-state index contributed by atoms with van der Waals surface area (Å²) in [7, 11) is 0. The Hall–Kier alpha value is -1.06. The van der Waals surface area contributed by atoms with E-state index < -0.39 is 12.7 Å². The molecule has 2 fully saturated rings. The molecule has 2 amide bonds. The van der Waals surface area contributed by atoms with Crippen LogP contribution in [0.15, 0.2) is 0 Å². The van der Waals surface area contributed by atoms with Gasteiger partial charge in [0, 0.05) is 51.9 Å². The van der Waals surface area contributed by atoms with Crippen LogP contribution >= 0.6 is 0 Å². The second kappa shape index (κ2) is 9.75. The third kappa shape index (κ3) is 6.92. The maximum atomic E-state index is 12.5. The number of nitrogens with one attached hydrogen (secondary N) is 1. The number of halogens is 3. The quantitative estimate of drug-likeness (QED) is 0.788. The topological polar surface area (TPSA) is 48.1 Å². The molecule has 1 N–H and O–H groups in total. The summed E-state index contributed by atoms with van der Waals surface area (Å²) in [4.78, 5) is 17.8. The number of urea groups is 1. The van der Waals surface area contributed by atoms with Crippen molar-refractivity contribution in [2.45, 2.75) is 32.5 Å². The van der Waals surface area contributed by atoms with E-state index in [9.17, 15) is 18.0 Å². The summed E-state index contributed by atoms with van der Waals surface area (Å²) in [6.07, 6.45) is -3.64. The van der Waals surface area contributed by atoms with Gasteiger partial charge in [-0.15, -0.1) is 0 Å². The Kier molecular flexibility index (Phi) is 7.97. The van der Waals surface area contributed by atoms with Crippen LogP contribution in [0.25, 0.3) is 0 Å². The lowest BCUT2D eigenvalue weighted by Gasteiger charge is -2.37. The van der Waals surface area contributed by atoms with E-state index in [0.29, 0.717) is 51.7 Å². The predicted molar refractivity (Wildman–Crippen MR) is 93.1 cm³/mol. The van der Waals surface area contributed by atoms with Gasteiger partial charge >= 0.3 is 12.2 Å². The largest absolute Gasteiger partial charge is 0.401 e. The molecular weight excluding hydrogens is 349 g/mol. The molecule has 2 heterocycles. The summed E-state index contributed by atoms with van der Waals surface area (Å²) in [5.41, 5.74) is 0. The number of morpholine rings is 1. The van der Waals surface area contributed by atoms with Gasteiger partial charge in [-0.05, 0) is 12.3 Å². The van der Waals surface area contributed by atoms with Crippen LogP contribution in [0, 0.1) is 5.92 Å². The SMILES string of the molecule is CC(C)C(CNC(=O)N1CCCN(CC(F)(F)F)CC1)N1CCOCC1. The first-order valence-electron chi connectivity index (χ1n) is 9.40. The molecule has 2 aliphatic rings. The Labute approximate surface area is 153 Å². The van der Waals surface area contributed by atoms with E-state index in [1.165, 1.54) is 4.90 Å². The van der Waals surface area contributed by atoms with Gasteiger partial charge in [0.25, 0.3) is 0 Å². The number of carbonyl (C=O) groups is 1.